The lowest BCUT2D eigenvalue weighted by atomic mass is 10.2. The van der Waals surface area contributed by atoms with Crippen molar-refractivity contribution in [2.24, 2.45) is 5.10 Å². The van der Waals surface area contributed by atoms with E-state index in [1.54, 1.807) is 6.20 Å². The standard InChI is InChI=1S/C22H26N4O2/c1-16-12-14-26(25-16)19-10-8-17(9-11-19)21(27)24-15-18-5-4-13-23-22(18)28-20-6-2-3-7-20/h4-5,8-11,13,20H,2-3,6-7,12,14-15H2,1H3,(H,24,27). The van der Waals surface area contributed by atoms with Gasteiger partial charge in [0.25, 0.3) is 5.91 Å². The van der Waals surface area contributed by atoms with E-state index in [1.807, 2.05) is 48.3 Å². The molecule has 6 heteroatoms. The van der Waals surface area contributed by atoms with Gasteiger partial charge in [-0.15, -0.1) is 0 Å². The van der Waals surface area contributed by atoms with E-state index in [1.165, 1.54) is 12.8 Å². The number of aromatic nitrogens is 1. The molecule has 1 saturated carbocycles. The molecule has 0 spiro atoms. The Morgan fingerprint density at radius 1 is 1.21 bits per heavy atom. The largest absolute Gasteiger partial charge is 0.474 e. The van der Waals surface area contributed by atoms with Gasteiger partial charge < -0.3 is 10.1 Å². The molecule has 28 heavy (non-hydrogen) atoms. The molecule has 0 radical (unpaired) electrons. The smallest absolute Gasteiger partial charge is 0.251 e. The van der Waals surface area contributed by atoms with Crippen molar-refractivity contribution in [2.75, 3.05) is 11.6 Å². The van der Waals surface area contributed by atoms with Crippen LogP contribution in [0.15, 0.2) is 47.7 Å². The number of carbonyl (C=O) groups is 1. The highest BCUT2D eigenvalue weighted by atomic mass is 16.5. The van der Waals surface area contributed by atoms with Crippen LogP contribution in [0.5, 0.6) is 5.88 Å². The number of pyridine rings is 1. The number of carbonyl (C=O) groups excluding carboxylic acids is 1. The van der Waals surface area contributed by atoms with E-state index in [4.69, 9.17) is 4.74 Å². The normalized spacial score (nSPS) is 16.9. The summed E-state index contributed by atoms with van der Waals surface area (Å²) < 4.78 is 6.05. The summed E-state index contributed by atoms with van der Waals surface area (Å²) in [6, 6.07) is 11.4. The lowest BCUT2D eigenvalue weighted by Gasteiger charge is -2.16. The molecule has 1 aromatic heterocycles. The first kappa shape index (κ1) is 18.5. The number of amides is 1. The second-order valence-corrected chi connectivity index (χ2v) is 7.43. The Morgan fingerprint density at radius 2 is 2.00 bits per heavy atom. The van der Waals surface area contributed by atoms with Crippen LogP contribution in [-0.2, 0) is 6.54 Å². The SMILES string of the molecule is CC1=NN(c2ccc(C(=O)NCc3cccnc3OC3CCCC3)cc2)CC1. The maximum absolute atomic E-state index is 12.5. The van der Waals surface area contributed by atoms with Gasteiger partial charge in [-0.05, 0) is 62.9 Å². The minimum Gasteiger partial charge on any atom is -0.474 e. The van der Waals surface area contributed by atoms with E-state index < -0.39 is 0 Å². The first-order valence-electron chi connectivity index (χ1n) is 9.99. The van der Waals surface area contributed by atoms with Gasteiger partial charge in [0, 0.05) is 42.5 Å². The highest BCUT2D eigenvalue weighted by Gasteiger charge is 2.19. The van der Waals surface area contributed by atoms with Crippen LogP contribution in [-0.4, -0.2) is 29.3 Å². The Labute approximate surface area is 165 Å². The molecule has 1 aromatic carbocycles. The molecule has 2 aliphatic rings. The predicted octanol–water partition coefficient (Wildman–Crippen LogP) is 3.92. The Bertz CT molecular complexity index is 857. The molecule has 4 rings (SSSR count). The van der Waals surface area contributed by atoms with Crippen molar-refractivity contribution >= 4 is 17.3 Å². The monoisotopic (exact) mass is 378 g/mol. The van der Waals surface area contributed by atoms with E-state index in [0.717, 1.165) is 42.8 Å². The highest BCUT2D eigenvalue weighted by Crippen LogP contribution is 2.25. The van der Waals surface area contributed by atoms with Crippen molar-refractivity contribution in [1.29, 1.82) is 0 Å². The summed E-state index contributed by atoms with van der Waals surface area (Å²) in [5.41, 5.74) is 3.67. The molecule has 146 valence electrons. The van der Waals surface area contributed by atoms with E-state index in [2.05, 4.69) is 15.4 Å². The van der Waals surface area contributed by atoms with Gasteiger partial charge in [-0.3, -0.25) is 9.80 Å². The van der Waals surface area contributed by atoms with E-state index in [0.29, 0.717) is 18.0 Å². The molecule has 1 N–H and O–H groups in total. The van der Waals surface area contributed by atoms with Crippen LogP contribution < -0.4 is 15.1 Å². The van der Waals surface area contributed by atoms with Crippen LogP contribution in [0.4, 0.5) is 5.69 Å². The molecule has 6 nitrogen and oxygen atoms in total. The van der Waals surface area contributed by atoms with Crippen LogP contribution in [0.2, 0.25) is 0 Å². The zero-order chi connectivity index (χ0) is 19.3. The number of nitrogens with zero attached hydrogens (tertiary/aromatic N) is 3. The third-order valence-electron chi connectivity index (χ3n) is 5.27. The van der Waals surface area contributed by atoms with Gasteiger partial charge in [0.2, 0.25) is 5.88 Å². The minimum atomic E-state index is -0.108. The quantitative estimate of drug-likeness (QED) is 0.827. The summed E-state index contributed by atoms with van der Waals surface area (Å²) in [5.74, 6) is 0.524. The molecule has 0 saturated heterocycles. The summed E-state index contributed by atoms with van der Waals surface area (Å²) in [6.07, 6.45) is 7.54. The molecule has 1 fully saturated rings. The van der Waals surface area contributed by atoms with Crippen molar-refractivity contribution in [3.8, 4) is 5.88 Å². The van der Waals surface area contributed by atoms with E-state index >= 15 is 0 Å². The molecule has 1 aliphatic heterocycles. The fourth-order valence-corrected chi connectivity index (χ4v) is 3.65. The molecular weight excluding hydrogens is 352 g/mol. The van der Waals surface area contributed by atoms with E-state index in [-0.39, 0.29) is 12.0 Å². The molecule has 1 aliphatic carbocycles. The van der Waals surface area contributed by atoms with Gasteiger partial charge in [-0.1, -0.05) is 6.07 Å². The number of hydrogen-bond acceptors (Lipinski definition) is 5. The molecule has 0 bridgehead atoms. The van der Waals surface area contributed by atoms with Gasteiger partial charge in [-0.25, -0.2) is 4.98 Å². The number of hydrazone groups is 1. The van der Waals surface area contributed by atoms with Gasteiger partial charge in [0.05, 0.1) is 5.69 Å². The number of anilines is 1. The second kappa shape index (κ2) is 8.42. The summed E-state index contributed by atoms with van der Waals surface area (Å²) >= 11 is 0. The average molecular weight is 378 g/mol. The number of rotatable bonds is 6. The number of nitrogens with one attached hydrogen (secondary N) is 1. The fraction of sp³-hybridized carbons (Fsp3) is 0.409. The van der Waals surface area contributed by atoms with Crippen LogP contribution >= 0.6 is 0 Å². The number of hydrogen-bond donors (Lipinski definition) is 1. The molecule has 2 aromatic rings. The van der Waals surface area contributed by atoms with Gasteiger partial charge in [0.15, 0.2) is 0 Å². The van der Waals surface area contributed by atoms with Crippen molar-refractivity contribution in [1.82, 2.24) is 10.3 Å². The summed E-state index contributed by atoms with van der Waals surface area (Å²) in [6.45, 7) is 3.32. The maximum atomic E-state index is 12.5. The minimum absolute atomic E-state index is 0.108. The summed E-state index contributed by atoms with van der Waals surface area (Å²) in [4.78, 5) is 16.9. The van der Waals surface area contributed by atoms with Crippen LogP contribution in [0.25, 0.3) is 0 Å². The summed E-state index contributed by atoms with van der Waals surface area (Å²) in [7, 11) is 0. The van der Waals surface area contributed by atoms with Gasteiger partial charge in [-0.2, -0.15) is 5.10 Å². The first-order chi connectivity index (χ1) is 13.7. The average Bonchev–Trinajstić information content (AvgIpc) is 3.39. The van der Waals surface area contributed by atoms with E-state index in [9.17, 15) is 4.79 Å². The molecule has 2 heterocycles. The Balaban J connectivity index is 1.37. The maximum Gasteiger partial charge on any atom is 0.251 e. The third kappa shape index (κ3) is 4.32. The van der Waals surface area contributed by atoms with Crippen molar-refractivity contribution in [3.05, 3.63) is 53.7 Å². The molecule has 1 amide bonds. The first-order valence-corrected chi connectivity index (χ1v) is 9.99. The van der Waals surface area contributed by atoms with Crippen molar-refractivity contribution in [3.63, 3.8) is 0 Å². The lowest BCUT2D eigenvalue weighted by molar-refractivity contribution is 0.0950. The second-order valence-electron chi connectivity index (χ2n) is 7.43. The zero-order valence-corrected chi connectivity index (χ0v) is 16.2. The van der Waals surface area contributed by atoms with Crippen molar-refractivity contribution < 1.29 is 9.53 Å². The molecular formula is C22H26N4O2. The summed E-state index contributed by atoms with van der Waals surface area (Å²) in [5, 5.41) is 9.44. The lowest BCUT2D eigenvalue weighted by Crippen LogP contribution is -2.24. The van der Waals surface area contributed by atoms with Gasteiger partial charge in [0.1, 0.15) is 6.10 Å². The molecule has 0 unspecified atom stereocenters. The van der Waals surface area contributed by atoms with Crippen LogP contribution in [0.3, 0.4) is 0 Å². The number of ether oxygens (including phenoxy) is 1. The third-order valence-corrected chi connectivity index (χ3v) is 5.27. The van der Waals surface area contributed by atoms with Crippen molar-refractivity contribution in [2.45, 2.75) is 51.7 Å². The van der Waals surface area contributed by atoms with Gasteiger partial charge >= 0.3 is 0 Å². The highest BCUT2D eigenvalue weighted by molar-refractivity contribution is 5.94. The Morgan fingerprint density at radius 3 is 2.71 bits per heavy atom. The number of benzene rings is 1. The molecule has 0 atom stereocenters. The zero-order valence-electron chi connectivity index (χ0n) is 16.2. The Kier molecular flexibility index (Phi) is 5.55. The fourth-order valence-electron chi connectivity index (χ4n) is 3.65. The Hall–Kier alpha value is -2.89. The van der Waals surface area contributed by atoms with Crippen LogP contribution in [0.1, 0.15) is 54.9 Å². The van der Waals surface area contributed by atoms with Crippen LogP contribution in [0, 0.1) is 0 Å². The topological polar surface area (TPSA) is 66.8 Å². The predicted molar refractivity (Wildman–Crippen MR) is 110 cm³/mol.